The minimum atomic E-state index is 0.468. The molecule has 1 aliphatic rings. The lowest BCUT2D eigenvalue weighted by atomic mass is 9.98. The van der Waals surface area contributed by atoms with Crippen molar-refractivity contribution in [2.75, 3.05) is 0 Å². The van der Waals surface area contributed by atoms with Gasteiger partial charge in [-0.05, 0) is 22.4 Å². The second-order valence-electron chi connectivity index (χ2n) is 5.98. The van der Waals surface area contributed by atoms with Gasteiger partial charge in [-0.15, -0.1) is 5.10 Å². The molecule has 0 saturated heterocycles. The van der Waals surface area contributed by atoms with Gasteiger partial charge in [-0.3, -0.25) is 0 Å². The molecule has 5 rings (SSSR count). The van der Waals surface area contributed by atoms with Crippen LogP contribution in [0.4, 0.5) is 0 Å². The van der Waals surface area contributed by atoms with E-state index in [4.69, 9.17) is 4.74 Å². The summed E-state index contributed by atoms with van der Waals surface area (Å²) in [5.41, 5.74) is 4.26. The van der Waals surface area contributed by atoms with Crippen LogP contribution in [0.5, 0.6) is 5.75 Å². The molecule has 4 nitrogen and oxygen atoms in total. The van der Waals surface area contributed by atoms with Gasteiger partial charge in [0.15, 0.2) is 0 Å². The molecule has 1 aliphatic heterocycles. The third-order valence-electron chi connectivity index (χ3n) is 4.47. The monoisotopic (exact) mass is 313 g/mol. The van der Waals surface area contributed by atoms with Crippen LogP contribution < -0.4 is 4.74 Å². The Hall–Kier alpha value is -3.14. The highest BCUT2D eigenvalue weighted by Crippen LogP contribution is 2.41. The molecule has 2 heterocycles. The summed E-state index contributed by atoms with van der Waals surface area (Å²) < 4.78 is 7.89. The number of hydrogen-bond acceptors (Lipinski definition) is 3. The van der Waals surface area contributed by atoms with Crippen LogP contribution in [0.1, 0.15) is 11.3 Å². The van der Waals surface area contributed by atoms with Crippen molar-refractivity contribution in [1.82, 2.24) is 15.0 Å². The molecule has 4 aromatic rings. The highest BCUT2D eigenvalue weighted by Gasteiger charge is 2.25. The van der Waals surface area contributed by atoms with E-state index in [9.17, 15) is 0 Å². The van der Waals surface area contributed by atoms with E-state index in [1.54, 1.807) is 0 Å². The van der Waals surface area contributed by atoms with Crippen LogP contribution in [0.2, 0.25) is 0 Å². The van der Waals surface area contributed by atoms with Crippen molar-refractivity contribution in [1.29, 1.82) is 0 Å². The molecule has 24 heavy (non-hydrogen) atoms. The minimum absolute atomic E-state index is 0.468. The third-order valence-corrected chi connectivity index (χ3v) is 4.47. The summed E-state index contributed by atoms with van der Waals surface area (Å²) in [6.45, 7) is 1.17. The van der Waals surface area contributed by atoms with E-state index < -0.39 is 0 Å². The van der Waals surface area contributed by atoms with Crippen molar-refractivity contribution in [2.24, 2.45) is 0 Å². The van der Waals surface area contributed by atoms with Crippen LogP contribution in [-0.2, 0) is 13.2 Å². The van der Waals surface area contributed by atoms with Crippen molar-refractivity contribution in [2.45, 2.75) is 13.2 Å². The lowest BCUT2D eigenvalue weighted by Crippen LogP contribution is -2.10. The van der Waals surface area contributed by atoms with E-state index in [1.807, 2.05) is 28.9 Å². The highest BCUT2D eigenvalue weighted by atomic mass is 16.5. The summed E-state index contributed by atoms with van der Waals surface area (Å²) >= 11 is 0. The van der Waals surface area contributed by atoms with Crippen LogP contribution in [0.15, 0.2) is 66.7 Å². The van der Waals surface area contributed by atoms with Crippen LogP contribution in [0.3, 0.4) is 0 Å². The second kappa shape index (κ2) is 5.20. The maximum absolute atomic E-state index is 5.91. The zero-order chi connectivity index (χ0) is 15.9. The maximum atomic E-state index is 5.91. The van der Waals surface area contributed by atoms with Crippen molar-refractivity contribution in [3.63, 3.8) is 0 Å². The Balaban J connectivity index is 1.73. The predicted molar refractivity (Wildman–Crippen MR) is 92.8 cm³/mol. The predicted octanol–water partition coefficient (Wildman–Crippen LogP) is 4.04. The number of aromatic nitrogens is 3. The van der Waals surface area contributed by atoms with E-state index in [0.29, 0.717) is 13.2 Å². The first-order valence-corrected chi connectivity index (χ1v) is 8.01. The molecule has 0 N–H and O–H groups in total. The molecule has 0 radical (unpaired) electrons. The summed E-state index contributed by atoms with van der Waals surface area (Å²) in [4.78, 5) is 0. The van der Waals surface area contributed by atoms with Gasteiger partial charge in [-0.2, -0.15) is 0 Å². The summed E-state index contributed by atoms with van der Waals surface area (Å²) in [6, 6.07) is 22.8. The average Bonchev–Trinajstić information content (AvgIpc) is 3.05. The second-order valence-corrected chi connectivity index (χ2v) is 5.98. The lowest BCUT2D eigenvalue weighted by molar-refractivity contribution is 0.297. The molecule has 0 saturated carbocycles. The quantitative estimate of drug-likeness (QED) is 0.561. The molecule has 3 aromatic carbocycles. The van der Waals surface area contributed by atoms with Gasteiger partial charge in [0.2, 0.25) is 0 Å². The fraction of sp³-hybridized carbons (Fsp3) is 0.100. The highest BCUT2D eigenvalue weighted by molar-refractivity contribution is 5.99. The Morgan fingerprint density at radius 3 is 2.67 bits per heavy atom. The van der Waals surface area contributed by atoms with Crippen LogP contribution in [0, 0.1) is 0 Å². The van der Waals surface area contributed by atoms with Crippen molar-refractivity contribution in [3.05, 3.63) is 78.0 Å². The van der Waals surface area contributed by atoms with Gasteiger partial charge >= 0.3 is 0 Å². The topological polar surface area (TPSA) is 39.9 Å². The largest absolute Gasteiger partial charge is 0.486 e. The molecule has 0 fully saturated rings. The molecule has 116 valence electrons. The van der Waals surface area contributed by atoms with E-state index in [0.717, 1.165) is 22.7 Å². The molecule has 0 amide bonds. The van der Waals surface area contributed by atoms with Crippen molar-refractivity contribution in [3.8, 4) is 17.0 Å². The van der Waals surface area contributed by atoms with Gasteiger partial charge in [-0.1, -0.05) is 65.9 Å². The first-order valence-electron chi connectivity index (χ1n) is 8.01. The van der Waals surface area contributed by atoms with Crippen LogP contribution >= 0.6 is 0 Å². The zero-order valence-electron chi connectivity index (χ0n) is 13.0. The van der Waals surface area contributed by atoms with E-state index in [1.165, 1.54) is 16.3 Å². The lowest BCUT2D eigenvalue weighted by Gasteiger charge is -2.20. The maximum Gasteiger partial charge on any atom is 0.134 e. The van der Waals surface area contributed by atoms with Crippen molar-refractivity contribution < 1.29 is 4.74 Å². The Labute approximate surface area is 139 Å². The van der Waals surface area contributed by atoms with Gasteiger partial charge < -0.3 is 4.74 Å². The van der Waals surface area contributed by atoms with Gasteiger partial charge in [0.1, 0.15) is 23.7 Å². The van der Waals surface area contributed by atoms with Gasteiger partial charge in [0.25, 0.3) is 0 Å². The number of nitrogens with zero attached hydrogens (tertiary/aromatic N) is 3. The molecular weight excluding hydrogens is 298 g/mol. The Kier molecular flexibility index (Phi) is 2.88. The van der Waals surface area contributed by atoms with Gasteiger partial charge in [0.05, 0.1) is 12.1 Å². The summed E-state index contributed by atoms with van der Waals surface area (Å²) in [5, 5.41) is 11.1. The third kappa shape index (κ3) is 2.00. The van der Waals surface area contributed by atoms with Gasteiger partial charge in [0, 0.05) is 0 Å². The fourth-order valence-corrected chi connectivity index (χ4v) is 3.35. The zero-order valence-corrected chi connectivity index (χ0v) is 13.0. The average molecular weight is 313 g/mol. The summed E-state index contributed by atoms with van der Waals surface area (Å²) in [5.74, 6) is 0.901. The fourth-order valence-electron chi connectivity index (χ4n) is 3.35. The number of ether oxygens (including phenoxy) is 1. The first-order chi connectivity index (χ1) is 11.9. The first kappa shape index (κ1) is 13.3. The standard InChI is InChI=1S/C20H15N3O/c1-2-6-14(7-3-1)12-23-20-17(21-22-23)13-24-18-11-10-15-8-4-5-9-16(15)19(18)20/h1-11H,12-13H2. The van der Waals surface area contributed by atoms with Gasteiger partial charge in [-0.25, -0.2) is 4.68 Å². The molecule has 0 spiro atoms. The van der Waals surface area contributed by atoms with Crippen LogP contribution in [0.25, 0.3) is 22.0 Å². The molecule has 0 atom stereocenters. The number of benzene rings is 3. The smallest absolute Gasteiger partial charge is 0.134 e. The van der Waals surface area contributed by atoms with E-state index in [2.05, 4.69) is 52.8 Å². The Morgan fingerprint density at radius 2 is 1.75 bits per heavy atom. The number of fused-ring (bicyclic) bond motifs is 5. The Bertz CT molecular complexity index is 1040. The molecule has 0 unspecified atom stereocenters. The molecule has 0 aliphatic carbocycles. The number of rotatable bonds is 2. The summed E-state index contributed by atoms with van der Waals surface area (Å²) in [6.07, 6.45) is 0. The number of hydrogen-bond donors (Lipinski definition) is 0. The van der Waals surface area contributed by atoms with Crippen LogP contribution in [-0.4, -0.2) is 15.0 Å². The normalized spacial score (nSPS) is 12.5. The molecular formula is C20H15N3O. The molecule has 0 bridgehead atoms. The summed E-state index contributed by atoms with van der Waals surface area (Å²) in [7, 11) is 0. The molecule has 4 heteroatoms. The van der Waals surface area contributed by atoms with E-state index >= 15 is 0 Å². The van der Waals surface area contributed by atoms with Crippen molar-refractivity contribution >= 4 is 10.8 Å². The Morgan fingerprint density at radius 1 is 0.917 bits per heavy atom. The SMILES string of the molecule is c1ccc(Cn2nnc3c2-c2c(ccc4ccccc24)OC3)cc1. The van der Waals surface area contributed by atoms with E-state index in [-0.39, 0.29) is 0 Å². The molecule has 1 aromatic heterocycles. The minimum Gasteiger partial charge on any atom is -0.486 e.